The van der Waals surface area contributed by atoms with Crippen LogP contribution in [0.5, 0.6) is 0 Å². The first-order valence-corrected chi connectivity index (χ1v) is 6.88. The maximum atomic E-state index is 9.39. The third kappa shape index (κ3) is 2.67. The lowest BCUT2D eigenvalue weighted by Gasteiger charge is -2.31. The molecule has 1 aliphatic carbocycles. The lowest BCUT2D eigenvalue weighted by atomic mass is 9.80. The number of anilines is 1. The molecule has 0 spiro atoms. The van der Waals surface area contributed by atoms with E-state index in [-0.39, 0.29) is 6.10 Å². The summed E-state index contributed by atoms with van der Waals surface area (Å²) in [6.07, 6.45) is 3.04. The van der Waals surface area contributed by atoms with Crippen molar-refractivity contribution in [3.8, 4) is 0 Å². The van der Waals surface area contributed by atoms with E-state index in [2.05, 4.69) is 9.97 Å². The molecule has 1 fully saturated rings. The molecule has 3 rings (SSSR count). The summed E-state index contributed by atoms with van der Waals surface area (Å²) in [7, 11) is 1.99. The van der Waals surface area contributed by atoms with E-state index in [1.165, 1.54) is 0 Å². The molecule has 2 aromatic rings. The summed E-state index contributed by atoms with van der Waals surface area (Å²) in [4.78, 5) is 10.7. The van der Waals surface area contributed by atoms with Gasteiger partial charge in [0.05, 0.1) is 12.6 Å². The van der Waals surface area contributed by atoms with E-state index in [1.807, 2.05) is 37.1 Å². The highest BCUT2D eigenvalue weighted by atomic mass is 16.3. The smallest absolute Gasteiger partial charge is 0.132 e. The summed E-state index contributed by atoms with van der Waals surface area (Å²) >= 11 is 0. The molecule has 1 saturated carbocycles. The van der Waals surface area contributed by atoms with Crippen molar-refractivity contribution in [3.63, 3.8) is 0 Å². The molecule has 5 heteroatoms. The highest BCUT2D eigenvalue weighted by molar-refractivity contribution is 5.39. The fraction of sp³-hybridized carbons (Fsp3) is 0.467. The zero-order valence-corrected chi connectivity index (χ0v) is 11.8. The Morgan fingerprint density at radius 1 is 1.35 bits per heavy atom. The predicted octanol–water partition coefficient (Wildman–Crippen LogP) is 2.25. The van der Waals surface area contributed by atoms with Crippen molar-refractivity contribution in [3.05, 3.63) is 41.7 Å². The average Bonchev–Trinajstić information content (AvgIpc) is 2.80. The highest BCUT2D eigenvalue weighted by Crippen LogP contribution is 2.36. The summed E-state index contributed by atoms with van der Waals surface area (Å²) < 4.78 is 5.58. The Morgan fingerprint density at radius 2 is 2.15 bits per heavy atom. The molecule has 106 valence electrons. The number of aryl methyl sites for hydroxylation is 1. The van der Waals surface area contributed by atoms with Gasteiger partial charge in [0, 0.05) is 24.7 Å². The highest BCUT2D eigenvalue weighted by Gasteiger charge is 2.29. The number of aliphatic hydroxyl groups is 1. The molecule has 0 unspecified atom stereocenters. The van der Waals surface area contributed by atoms with Crippen molar-refractivity contribution in [1.82, 2.24) is 9.97 Å². The SMILES string of the molecule is Cc1ccc(CN(C)c2cc(C3CC(O)C3)ncn2)o1. The van der Waals surface area contributed by atoms with Crippen molar-refractivity contribution in [2.45, 2.75) is 38.3 Å². The molecule has 0 bridgehead atoms. The fourth-order valence-electron chi connectivity index (χ4n) is 2.51. The molecule has 2 aromatic heterocycles. The first-order chi connectivity index (χ1) is 9.61. The summed E-state index contributed by atoms with van der Waals surface area (Å²) in [5.74, 6) is 3.08. The Balaban J connectivity index is 1.71. The maximum absolute atomic E-state index is 9.39. The van der Waals surface area contributed by atoms with E-state index in [0.717, 1.165) is 35.9 Å². The van der Waals surface area contributed by atoms with Gasteiger partial charge in [0.15, 0.2) is 0 Å². The van der Waals surface area contributed by atoms with Gasteiger partial charge >= 0.3 is 0 Å². The van der Waals surface area contributed by atoms with Gasteiger partial charge in [-0.3, -0.25) is 0 Å². The Labute approximate surface area is 118 Å². The number of hydrogen-bond acceptors (Lipinski definition) is 5. The van der Waals surface area contributed by atoms with Gasteiger partial charge < -0.3 is 14.4 Å². The van der Waals surface area contributed by atoms with Crippen LogP contribution in [-0.4, -0.2) is 28.2 Å². The van der Waals surface area contributed by atoms with Crippen molar-refractivity contribution >= 4 is 5.82 Å². The number of rotatable bonds is 4. The summed E-state index contributed by atoms with van der Waals surface area (Å²) in [5.41, 5.74) is 1.02. The Kier molecular flexibility index (Phi) is 3.44. The molecule has 5 nitrogen and oxygen atoms in total. The quantitative estimate of drug-likeness (QED) is 0.925. The van der Waals surface area contributed by atoms with Crippen molar-refractivity contribution in [1.29, 1.82) is 0 Å². The van der Waals surface area contributed by atoms with Gasteiger partial charge in [-0.2, -0.15) is 0 Å². The van der Waals surface area contributed by atoms with E-state index in [0.29, 0.717) is 12.5 Å². The van der Waals surface area contributed by atoms with Crippen LogP contribution in [0.2, 0.25) is 0 Å². The van der Waals surface area contributed by atoms with Crippen molar-refractivity contribution in [2.75, 3.05) is 11.9 Å². The Bertz CT molecular complexity index is 590. The van der Waals surface area contributed by atoms with Crippen LogP contribution in [0, 0.1) is 6.92 Å². The third-order valence-electron chi connectivity index (χ3n) is 3.79. The lowest BCUT2D eigenvalue weighted by molar-refractivity contribution is 0.0732. The maximum Gasteiger partial charge on any atom is 0.132 e. The van der Waals surface area contributed by atoms with Gasteiger partial charge in [0.1, 0.15) is 23.7 Å². The molecule has 20 heavy (non-hydrogen) atoms. The zero-order valence-electron chi connectivity index (χ0n) is 11.8. The van der Waals surface area contributed by atoms with Gasteiger partial charge in [-0.05, 0) is 31.9 Å². The zero-order chi connectivity index (χ0) is 14.1. The van der Waals surface area contributed by atoms with Gasteiger partial charge in [-0.25, -0.2) is 9.97 Å². The Hall–Kier alpha value is -1.88. The van der Waals surface area contributed by atoms with Gasteiger partial charge in [0.25, 0.3) is 0 Å². The molecule has 0 aromatic carbocycles. The molecular weight excluding hydrogens is 254 g/mol. The number of aromatic nitrogens is 2. The van der Waals surface area contributed by atoms with Crippen LogP contribution in [-0.2, 0) is 6.54 Å². The van der Waals surface area contributed by atoms with E-state index in [1.54, 1.807) is 6.33 Å². The molecule has 1 aliphatic rings. The van der Waals surface area contributed by atoms with Crippen LogP contribution in [0.15, 0.2) is 28.9 Å². The van der Waals surface area contributed by atoms with Gasteiger partial charge in [-0.15, -0.1) is 0 Å². The largest absolute Gasteiger partial charge is 0.464 e. The molecule has 1 N–H and O–H groups in total. The molecular formula is C15H19N3O2. The predicted molar refractivity (Wildman–Crippen MR) is 75.6 cm³/mol. The normalized spacial score (nSPS) is 21.6. The van der Waals surface area contributed by atoms with E-state index in [4.69, 9.17) is 4.42 Å². The Morgan fingerprint density at radius 3 is 2.80 bits per heavy atom. The molecule has 2 heterocycles. The minimum atomic E-state index is -0.165. The summed E-state index contributed by atoms with van der Waals surface area (Å²) in [6.45, 7) is 2.62. The van der Waals surface area contributed by atoms with Crippen molar-refractivity contribution in [2.24, 2.45) is 0 Å². The average molecular weight is 273 g/mol. The number of aliphatic hydroxyl groups excluding tert-OH is 1. The molecule has 0 aliphatic heterocycles. The van der Waals surface area contributed by atoms with Crippen LogP contribution >= 0.6 is 0 Å². The van der Waals surface area contributed by atoms with E-state index >= 15 is 0 Å². The van der Waals surface area contributed by atoms with Crippen molar-refractivity contribution < 1.29 is 9.52 Å². The number of hydrogen-bond donors (Lipinski definition) is 1. The molecule has 0 saturated heterocycles. The molecule has 0 amide bonds. The summed E-state index contributed by atoms with van der Waals surface area (Å²) in [5, 5.41) is 9.39. The van der Waals surface area contributed by atoms with E-state index in [9.17, 15) is 5.11 Å². The third-order valence-corrected chi connectivity index (χ3v) is 3.79. The molecule has 0 radical (unpaired) electrons. The van der Waals surface area contributed by atoms with Crippen LogP contribution in [0.3, 0.4) is 0 Å². The van der Waals surface area contributed by atoms with Crippen LogP contribution in [0.4, 0.5) is 5.82 Å². The fourth-order valence-corrected chi connectivity index (χ4v) is 2.51. The van der Waals surface area contributed by atoms with E-state index < -0.39 is 0 Å². The second kappa shape index (κ2) is 5.25. The van der Waals surface area contributed by atoms with Crippen LogP contribution in [0.1, 0.15) is 36.0 Å². The minimum absolute atomic E-state index is 0.165. The number of furan rings is 1. The molecule has 0 atom stereocenters. The topological polar surface area (TPSA) is 62.4 Å². The second-order valence-corrected chi connectivity index (χ2v) is 5.49. The minimum Gasteiger partial charge on any atom is -0.464 e. The van der Waals surface area contributed by atoms with Crippen LogP contribution in [0.25, 0.3) is 0 Å². The second-order valence-electron chi connectivity index (χ2n) is 5.49. The van der Waals surface area contributed by atoms with Gasteiger partial charge in [-0.1, -0.05) is 0 Å². The lowest BCUT2D eigenvalue weighted by Crippen LogP contribution is -2.27. The number of nitrogens with zero attached hydrogens (tertiary/aromatic N) is 3. The van der Waals surface area contributed by atoms with Crippen LogP contribution < -0.4 is 4.90 Å². The first-order valence-electron chi connectivity index (χ1n) is 6.88. The van der Waals surface area contributed by atoms with Gasteiger partial charge in [0.2, 0.25) is 0 Å². The standard InChI is InChI=1S/C15H19N3O2/c1-10-3-4-13(20-10)8-18(2)15-7-14(16-9-17-15)11-5-12(19)6-11/h3-4,7,9,11-12,19H,5-6,8H2,1-2H3. The monoisotopic (exact) mass is 273 g/mol. The first kappa shape index (κ1) is 13.1. The summed E-state index contributed by atoms with van der Waals surface area (Å²) in [6, 6.07) is 5.95.